The Bertz CT molecular complexity index is 1460. The first-order chi connectivity index (χ1) is 18.6. The average molecular weight is 525 g/mol. The summed E-state index contributed by atoms with van der Waals surface area (Å²) in [6.45, 7) is 3.50. The number of carbonyl (C=O) groups is 4. The fourth-order valence-electron chi connectivity index (χ4n) is 3.81. The molecular formula is C30H24N2O7. The molecule has 4 N–H and O–H groups in total. The van der Waals surface area contributed by atoms with Crippen LogP contribution >= 0.6 is 0 Å². The van der Waals surface area contributed by atoms with Crippen molar-refractivity contribution in [3.63, 3.8) is 0 Å². The van der Waals surface area contributed by atoms with Crippen molar-refractivity contribution in [3.8, 4) is 11.5 Å². The maximum atomic E-state index is 12.6. The molecule has 0 aliphatic rings. The molecule has 0 atom stereocenters. The minimum Gasteiger partial charge on any atom is -0.478 e. The van der Waals surface area contributed by atoms with Crippen LogP contribution in [0.1, 0.15) is 52.6 Å². The monoisotopic (exact) mass is 524 g/mol. The second kappa shape index (κ2) is 11.3. The van der Waals surface area contributed by atoms with Gasteiger partial charge in [0.05, 0.1) is 22.3 Å². The molecule has 2 amide bonds. The van der Waals surface area contributed by atoms with Gasteiger partial charge in [0.1, 0.15) is 11.5 Å². The SMILES string of the molecule is Cc1ccc(C(=O)Nc2ccc(Oc3ccc(NC(=O)c4ccc(C)cc4C(=O)O)cc3)cc2)c(C(=O)O)c1. The van der Waals surface area contributed by atoms with E-state index in [1.165, 1.54) is 24.3 Å². The first-order valence-electron chi connectivity index (χ1n) is 11.8. The zero-order valence-corrected chi connectivity index (χ0v) is 21.0. The second-order valence-corrected chi connectivity index (χ2v) is 8.77. The normalized spacial score (nSPS) is 10.4. The van der Waals surface area contributed by atoms with Gasteiger partial charge in [0.15, 0.2) is 0 Å². The molecule has 196 valence electrons. The molecular weight excluding hydrogens is 500 g/mol. The van der Waals surface area contributed by atoms with Gasteiger partial charge in [-0.15, -0.1) is 0 Å². The Morgan fingerprint density at radius 3 is 1.23 bits per heavy atom. The number of carboxylic acids is 2. The molecule has 39 heavy (non-hydrogen) atoms. The number of rotatable bonds is 8. The van der Waals surface area contributed by atoms with E-state index in [4.69, 9.17) is 4.74 Å². The van der Waals surface area contributed by atoms with Crippen molar-refractivity contribution >= 4 is 35.1 Å². The zero-order valence-electron chi connectivity index (χ0n) is 21.0. The van der Waals surface area contributed by atoms with Crippen LogP contribution in [0.5, 0.6) is 11.5 Å². The van der Waals surface area contributed by atoms with E-state index in [0.717, 1.165) is 11.1 Å². The lowest BCUT2D eigenvalue weighted by atomic mass is 10.0. The Hall–Kier alpha value is -5.44. The number of ether oxygens (including phenoxy) is 1. The molecule has 9 heteroatoms. The molecule has 0 fully saturated rings. The fraction of sp³-hybridized carbons (Fsp3) is 0.0667. The van der Waals surface area contributed by atoms with E-state index in [1.807, 2.05) is 0 Å². The number of aromatic carboxylic acids is 2. The van der Waals surface area contributed by atoms with Crippen molar-refractivity contribution < 1.29 is 34.1 Å². The highest BCUT2D eigenvalue weighted by Crippen LogP contribution is 2.25. The molecule has 4 aromatic rings. The number of nitrogens with one attached hydrogen (secondary N) is 2. The molecule has 0 aromatic heterocycles. The Balaban J connectivity index is 1.38. The molecule has 0 spiro atoms. The molecule has 0 saturated heterocycles. The van der Waals surface area contributed by atoms with Crippen LogP contribution in [0.2, 0.25) is 0 Å². The number of aryl methyl sites for hydroxylation is 2. The molecule has 0 unspecified atom stereocenters. The third kappa shape index (κ3) is 6.47. The quantitative estimate of drug-likeness (QED) is 0.222. The summed E-state index contributed by atoms with van der Waals surface area (Å²) in [6.07, 6.45) is 0. The predicted octanol–water partition coefficient (Wildman–Crippen LogP) is 6.00. The van der Waals surface area contributed by atoms with Crippen LogP contribution in [0.25, 0.3) is 0 Å². The van der Waals surface area contributed by atoms with Crippen LogP contribution in [0.3, 0.4) is 0 Å². The minimum atomic E-state index is -1.18. The number of amides is 2. The largest absolute Gasteiger partial charge is 0.478 e. The Kier molecular flexibility index (Phi) is 7.72. The number of anilines is 2. The second-order valence-electron chi connectivity index (χ2n) is 8.77. The lowest BCUT2D eigenvalue weighted by molar-refractivity contribution is 0.0683. The first-order valence-corrected chi connectivity index (χ1v) is 11.8. The topological polar surface area (TPSA) is 142 Å². The molecule has 0 heterocycles. The maximum Gasteiger partial charge on any atom is 0.336 e. The van der Waals surface area contributed by atoms with Crippen LogP contribution in [0.15, 0.2) is 84.9 Å². The molecule has 0 bridgehead atoms. The smallest absolute Gasteiger partial charge is 0.336 e. The number of hydrogen-bond acceptors (Lipinski definition) is 5. The molecule has 9 nitrogen and oxygen atoms in total. The van der Waals surface area contributed by atoms with Gasteiger partial charge in [-0.3, -0.25) is 9.59 Å². The average Bonchev–Trinajstić information content (AvgIpc) is 2.90. The standard InChI is InChI=1S/C30H24N2O7/c1-17-3-13-23(25(15-17)29(35)36)27(33)31-19-5-9-21(10-6-19)39-22-11-7-20(8-12-22)32-28(34)24-14-4-18(2)16-26(24)30(37)38/h3-16H,1-2H3,(H,31,33)(H,32,34)(H,35,36)(H,37,38). The summed E-state index contributed by atoms with van der Waals surface area (Å²) in [5.74, 6) is -2.48. The minimum absolute atomic E-state index is 0.0576. The zero-order chi connectivity index (χ0) is 28.1. The van der Waals surface area contributed by atoms with Gasteiger partial charge in [-0.2, -0.15) is 0 Å². The summed E-state index contributed by atoms with van der Waals surface area (Å²) in [6, 6.07) is 22.2. The van der Waals surface area contributed by atoms with Crippen molar-refractivity contribution in [1.82, 2.24) is 0 Å². The highest BCUT2D eigenvalue weighted by molar-refractivity contribution is 6.11. The fourth-order valence-corrected chi connectivity index (χ4v) is 3.81. The van der Waals surface area contributed by atoms with Crippen molar-refractivity contribution in [3.05, 3.63) is 118 Å². The van der Waals surface area contributed by atoms with Crippen LogP contribution in [-0.2, 0) is 0 Å². The van der Waals surface area contributed by atoms with Gasteiger partial charge < -0.3 is 25.6 Å². The number of benzene rings is 4. The van der Waals surface area contributed by atoms with Crippen molar-refractivity contribution in [2.45, 2.75) is 13.8 Å². The van der Waals surface area contributed by atoms with E-state index in [2.05, 4.69) is 10.6 Å². The first kappa shape index (κ1) is 26.6. The lowest BCUT2D eigenvalue weighted by Gasteiger charge is -2.11. The van der Waals surface area contributed by atoms with Gasteiger partial charge in [0, 0.05) is 11.4 Å². The van der Waals surface area contributed by atoms with E-state index >= 15 is 0 Å². The van der Waals surface area contributed by atoms with Gasteiger partial charge in [-0.1, -0.05) is 23.3 Å². The van der Waals surface area contributed by atoms with Gasteiger partial charge in [0.2, 0.25) is 0 Å². The molecule has 0 aliphatic carbocycles. The van der Waals surface area contributed by atoms with E-state index in [0.29, 0.717) is 22.9 Å². The Labute approximate surface area is 223 Å². The van der Waals surface area contributed by atoms with E-state index in [9.17, 15) is 29.4 Å². The Morgan fingerprint density at radius 1 is 0.538 bits per heavy atom. The van der Waals surface area contributed by atoms with Crippen LogP contribution in [0, 0.1) is 13.8 Å². The third-order valence-electron chi connectivity index (χ3n) is 5.76. The third-order valence-corrected chi connectivity index (χ3v) is 5.76. The van der Waals surface area contributed by atoms with E-state index in [1.54, 1.807) is 74.5 Å². The van der Waals surface area contributed by atoms with Crippen LogP contribution in [-0.4, -0.2) is 34.0 Å². The Morgan fingerprint density at radius 2 is 0.897 bits per heavy atom. The maximum absolute atomic E-state index is 12.6. The molecule has 4 aromatic carbocycles. The van der Waals surface area contributed by atoms with Gasteiger partial charge in [-0.05, 0) is 86.6 Å². The van der Waals surface area contributed by atoms with Crippen LogP contribution in [0.4, 0.5) is 11.4 Å². The predicted molar refractivity (Wildman–Crippen MR) is 145 cm³/mol. The van der Waals surface area contributed by atoms with Gasteiger partial charge in [0.25, 0.3) is 11.8 Å². The summed E-state index contributed by atoms with van der Waals surface area (Å²) in [4.78, 5) is 48.3. The highest BCUT2D eigenvalue weighted by atomic mass is 16.5. The number of carboxylic acid groups (broad SMARTS) is 2. The highest BCUT2D eigenvalue weighted by Gasteiger charge is 2.18. The van der Waals surface area contributed by atoms with Gasteiger partial charge in [-0.25, -0.2) is 9.59 Å². The van der Waals surface area contributed by atoms with Crippen LogP contribution < -0.4 is 15.4 Å². The molecule has 0 aliphatic heterocycles. The summed E-state index contributed by atoms with van der Waals surface area (Å²) < 4.78 is 5.81. The lowest BCUT2D eigenvalue weighted by Crippen LogP contribution is -2.16. The van der Waals surface area contributed by atoms with Gasteiger partial charge >= 0.3 is 11.9 Å². The number of hydrogen-bond donors (Lipinski definition) is 4. The van der Waals surface area contributed by atoms with Crippen molar-refractivity contribution in [1.29, 1.82) is 0 Å². The summed E-state index contributed by atoms with van der Waals surface area (Å²) in [5.41, 5.74) is 2.35. The molecule has 4 rings (SSSR count). The summed E-state index contributed by atoms with van der Waals surface area (Å²) in [5, 5.41) is 24.2. The van der Waals surface area contributed by atoms with E-state index in [-0.39, 0.29) is 22.3 Å². The molecule has 0 radical (unpaired) electrons. The van der Waals surface area contributed by atoms with E-state index < -0.39 is 23.8 Å². The van der Waals surface area contributed by atoms with Crippen molar-refractivity contribution in [2.24, 2.45) is 0 Å². The molecule has 0 saturated carbocycles. The number of carbonyl (C=O) groups excluding carboxylic acids is 2. The van der Waals surface area contributed by atoms with Crippen molar-refractivity contribution in [2.75, 3.05) is 10.6 Å². The summed E-state index contributed by atoms with van der Waals surface area (Å²) in [7, 11) is 0. The summed E-state index contributed by atoms with van der Waals surface area (Å²) >= 11 is 0.